The first-order valence-corrected chi connectivity index (χ1v) is 8.32. The van der Waals surface area contributed by atoms with E-state index in [1.807, 2.05) is 0 Å². The van der Waals surface area contributed by atoms with Crippen molar-refractivity contribution >= 4 is 18.3 Å². The van der Waals surface area contributed by atoms with Gasteiger partial charge in [-0.2, -0.15) is 0 Å². The average Bonchev–Trinajstić information content (AvgIpc) is 2.49. The van der Waals surface area contributed by atoms with Crippen LogP contribution < -0.4 is 11.1 Å². The smallest absolute Gasteiger partial charge is 0.220 e. The van der Waals surface area contributed by atoms with Crippen molar-refractivity contribution in [1.82, 2.24) is 5.32 Å². The predicted molar refractivity (Wildman–Crippen MR) is 92.2 cm³/mol. The van der Waals surface area contributed by atoms with Crippen molar-refractivity contribution in [3.8, 4) is 0 Å². The minimum absolute atomic E-state index is 0. The first-order valence-electron chi connectivity index (χ1n) is 8.32. The van der Waals surface area contributed by atoms with Crippen LogP contribution in [0.1, 0.15) is 49.7 Å². The zero-order valence-corrected chi connectivity index (χ0v) is 13.9. The van der Waals surface area contributed by atoms with Crippen LogP contribution in [0.4, 0.5) is 0 Å². The summed E-state index contributed by atoms with van der Waals surface area (Å²) in [5.41, 5.74) is 8.81. The van der Waals surface area contributed by atoms with Crippen molar-refractivity contribution in [2.45, 2.75) is 63.5 Å². The molecule has 0 aromatic heterocycles. The van der Waals surface area contributed by atoms with Crippen molar-refractivity contribution in [3.05, 3.63) is 35.4 Å². The molecule has 1 aromatic carbocycles. The number of carbonyl (C=O) groups excluding carboxylic acids is 1. The number of aryl methyl sites for hydroxylation is 1. The lowest BCUT2D eigenvalue weighted by atomic mass is 9.82. The van der Waals surface area contributed by atoms with E-state index < -0.39 is 0 Å². The molecule has 1 amide bonds. The Kier molecular flexibility index (Phi) is 6.27. The lowest BCUT2D eigenvalue weighted by Gasteiger charge is -2.28. The lowest BCUT2D eigenvalue weighted by Crippen LogP contribution is -2.41. The second kappa shape index (κ2) is 7.98. The van der Waals surface area contributed by atoms with Crippen LogP contribution in [-0.4, -0.2) is 18.0 Å². The summed E-state index contributed by atoms with van der Waals surface area (Å²) in [6.07, 6.45) is 8.16. The third kappa shape index (κ3) is 4.47. The molecular weight excluding hydrogens is 296 g/mol. The number of hydrogen-bond acceptors (Lipinski definition) is 2. The van der Waals surface area contributed by atoms with Crippen LogP contribution in [0.3, 0.4) is 0 Å². The summed E-state index contributed by atoms with van der Waals surface area (Å²) in [7, 11) is 0. The molecule has 1 saturated carbocycles. The SMILES string of the molecule is Cl.NC1CCC(NC(=O)CC2CCc3ccccc3C2)CC1. The summed E-state index contributed by atoms with van der Waals surface area (Å²) >= 11 is 0. The summed E-state index contributed by atoms with van der Waals surface area (Å²) in [4.78, 5) is 12.2. The number of nitrogens with two attached hydrogens (primary N) is 1. The van der Waals surface area contributed by atoms with Crippen LogP contribution in [0, 0.1) is 5.92 Å². The van der Waals surface area contributed by atoms with Crippen molar-refractivity contribution in [2.75, 3.05) is 0 Å². The number of carbonyl (C=O) groups is 1. The first kappa shape index (κ1) is 17.3. The van der Waals surface area contributed by atoms with E-state index in [1.54, 1.807) is 0 Å². The second-order valence-corrected chi connectivity index (χ2v) is 6.76. The van der Waals surface area contributed by atoms with Gasteiger partial charge in [-0.05, 0) is 62.0 Å². The van der Waals surface area contributed by atoms with Crippen LogP contribution in [0.15, 0.2) is 24.3 Å². The van der Waals surface area contributed by atoms with Gasteiger partial charge in [0.15, 0.2) is 0 Å². The zero-order chi connectivity index (χ0) is 14.7. The third-order valence-corrected chi connectivity index (χ3v) is 5.06. The number of nitrogens with one attached hydrogen (secondary N) is 1. The highest BCUT2D eigenvalue weighted by atomic mass is 35.5. The van der Waals surface area contributed by atoms with Gasteiger partial charge < -0.3 is 11.1 Å². The van der Waals surface area contributed by atoms with Gasteiger partial charge in [0.1, 0.15) is 0 Å². The van der Waals surface area contributed by atoms with Crippen LogP contribution in [0.25, 0.3) is 0 Å². The molecule has 1 atom stereocenters. The largest absolute Gasteiger partial charge is 0.353 e. The Balaban J connectivity index is 0.00000176. The van der Waals surface area contributed by atoms with Crippen molar-refractivity contribution in [2.24, 2.45) is 11.7 Å². The summed E-state index contributed by atoms with van der Waals surface area (Å²) in [6, 6.07) is 9.34. The minimum Gasteiger partial charge on any atom is -0.353 e. The van der Waals surface area contributed by atoms with Gasteiger partial charge in [-0.1, -0.05) is 24.3 Å². The zero-order valence-electron chi connectivity index (χ0n) is 13.1. The standard InChI is InChI=1S/C18H26N2O.ClH/c19-16-7-9-17(10-8-16)20-18(21)12-13-5-6-14-3-1-2-4-15(14)11-13;/h1-4,13,16-17H,5-12,19H2,(H,20,21);1H. The van der Waals surface area contributed by atoms with E-state index in [0.29, 0.717) is 24.4 Å². The van der Waals surface area contributed by atoms with Crippen LogP contribution >= 0.6 is 12.4 Å². The fourth-order valence-electron chi connectivity index (χ4n) is 3.76. The van der Waals surface area contributed by atoms with Gasteiger partial charge in [0.2, 0.25) is 5.91 Å². The molecule has 0 spiro atoms. The van der Waals surface area contributed by atoms with Crippen molar-refractivity contribution < 1.29 is 4.79 Å². The highest BCUT2D eigenvalue weighted by Crippen LogP contribution is 2.27. The maximum atomic E-state index is 12.2. The first-order chi connectivity index (χ1) is 10.2. The van der Waals surface area contributed by atoms with Crippen molar-refractivity contribution in [3.63, 3.8) is 0 Å². The highest BCUT2D eigenvalue weighted by molar-refractivity contribution is 5.85. The average molecular weight is 323 g/mol. The molecule has 3 rings (SSSR count). The number of amides is 1. The van der Waals surface area contributed by atoms with E-state index in [-0.39, 0.29) is 18.3 Å². The number of rotatable bonds is 3. The Labute approximate surface area is 139 Å². The van der Waals surface area contributed by atoms with Gasteiger partial charge in [-0.3, -0.25) is 4.79 Å². The molecule has 0 saturated heterocycles. The Morgan fingerprint density at radius 1 is 1.09 bits per heavy atom. The lowest BCUT2D eigenvalue weighted by molar-refractivity contribution is -0.123. The van der Waals surface area contributed by atoms with Gasteiger partial charge in [-0.25, -0.2) is 0 Å². The van der Waals surface area contributed by atoms with Gasteiger partial charge in [0, 0.05) is 18.5 Å². The van der Waals surface area contributed by atoms with Gasteiger partial charge >= 0.3 is 0 Å². The van der Waals surface area contributed by atoms with Gasteiger partial charge in [0.05, 0.1) is 0 Å². The van der Waals surface area contributed by atoms with E-state index in [4.69, 9.17) is 5.73 Å². The summed E-state index contributed by atoms with van der Waals surface area (Å²) in [5.74, 6) is 0.741. The monoisotopic (exact) mass is 322 g/mol. The molecule has 2 aliphatic rings. The quantitative estimate of drug-likeness (QED) is 0.899. The number of benzene rings is 1. The molecular formula is C18H27ClN2O. The Hall–Kier alpha value is -1.06. The maximum Gasteiger partial charge on any atom is 0.220 e. The molecule has 1 fully saturated rings. The van der Waals surface area contributed by atoms with E-state index in [1.165, 1.54) is 11.1 Å². The third-order valence-electron chi connectivity index (χ3n) is 5.06. The van der Waals surface area contributed by atoms with E-state index >= 15 is 0 Å². The molecule has 2 aliphatic carbocycles. The summed E-state index contributed by atoms with van der Waals surface area (Å²) < 4.78 is 0. The van der Waals surface area contributed by atoms with Gasteiger partial charge in [0.25, 0.3) is 0 Å². The molecule has 0 aliphatic heterocycles. The molecule has 22 heavy (non-hydrogen) atoms. The molecule has 0 bridgehead atoms. The van der Waals surface area contributed by atoms with Gasteiger partial charge in [-0.15, -0.1) is 12.4 Å². The summed E-state index contributed by atoms with van der Waals surface area (Å²) in [6.45, 7) is 0. The van der Waals surface area contributed by atoms with Crippen LogP contribution in [-0.2, 0) is 17.6 Å². The topological polar surface area (TPSA) is 55.1 Å². The van der Waals surface area contributed by atoms with Crippen LogP contribution in [0.5, 0.6) is 0 Å². The van der Waals surface area contributed by atoms with Crippen molar-refractivity contribution in [1.29, 1.82) is 0 Å². The second-order valence-electron chi connectivity index (χ2n) is 6.76. The molecule has 1 aromatic rings. The highest BCUT2D eigenvalue weighted by Gasteiger charge is 2.23. The van der Waals surface area contributed by atoms with Crippen LogP contribution in [0.2, 0.25) is 0 Å². The summed E-state index contributed by atoms with van der Waals surface area (Å²) in [5, 5.41) is 3.22. The normalized spacial score (nSPS) is 27.4. The molecule has 4 heteroatoms. The van der Waals surface area contributed by atoms with E-state index in [2.05, 4.69) is 29.6 Å². The molecule has 3 nitrogen and oxygen atoms in total. The molecule has 0 radical (unpaired) electrons. The predicted octanol–water partition coefficient (Wildman–Crippen LogP) is 2.99. The Morgan fingerprint density at radius 2 is 1.77 bits per heavy atom. The van der Waals surface area contributed by atoms with E-state index in [0.717, 1.165) is 44.9 Å². The Bertz CT molecular complexity index is 498. The Morgan fingerprint density at radius 3 is 2.50 bits per heavy atom. The molecule has 3 N–H and O–H groups in total. The molecule has 1 unspecified atom stereocenters. The molecule has 0 heterocycles. The fourth-order valence-corrected chi connectivity index (χ4v) is 3.76. The number of fused-ring (bicyclic) bond motifs is 1. The fraction of sp³-hybridized carbons (Fsp3) is 0.611. The number of hydrogen-bond donors (Lipinski definition) is 2. The number of halogens is 1. The maximum absolute atomic E-state index is 12.2. The van der Waals surface area contributed by atoms with E-state index in [9.17, 15) is 4.79 Å². The minimum atomic E-state index is 0. The molecule has 122 valence electrons.